The van der Waals surface area contributed by atoms with Gasteiger partial charge in [-0.25, -0.2) is 4.98 Å². The Balaban J connectivity index is 1.96. The molecule has 2 heterocycles. The van der Waals surface area contributed by atoms with Crippen LogP contribution in [0.3, 0.4) is 0 Å². The topological polar surface area (TPSA) is 78.0 Å². The summed E-state index contributed by atoms with van der Waals surface area (Å²) in [5.41, 5.74) is 8.48. The highest BCUT2D eigenvalue weighted by molar-refractivity contribution is 7.13. The molecule has 2 N–H and O–H groups in total. The van der Waals surface area contributed by atoms with Gasteiger partial charge in [-0.1, -0.05) is 50.2 Å². The number of fused-ring (bicyclic) bond motifs is 1. The number of nitrogens with two attached hydrogens (primary N) is 1. The second kappa shape index (κ2) is 7.64. The quantitative estimate of drug-likeness (QED) is 0.531. The molecule has 146 valence electrons. The van der Waals surface area contributed by atoms with Crippen LogP contribution in [0.4, 0.5) is 0 Å². The summed E-state index contributed by atoms with van der Waals surface area (Å²) in [6, 6.07) is 15.7. The van der Waals surface area contributed by atoms with Crippen molar-refractivity contribution >= 4 is 28.0 Å². The molecule has 0 fully saturated rings. The number of carbonyl (C=O) groups is 1. The molecular weight excluding hydrogens is 382 g/mol. The molecule has 2 aromatic heterocycles. The normalized spacial score (nSPS) is 11.3. The molecule has 0 spiro atoms. The smallest absolute Gasteiger partial charge is 0.268 e. The number of thiazole rings is 1. The van der Waals surface area contributed by atoms with Gasteiger partial charge < -0.3 is 10.3 Å². The first-order valence-corrected chi connectivity index (χ1v) is 10.3. The van der Waals surface area contributed by atoms with Gasteiger partial charge in [0.2, 0.25) is 0 Å². The monoisotopic (exact) mass is 403 g/mol. The van der Waals surface area contributed by atoms with Gasteiger partial charge in [0, 0.05) is 34.6 Å². The second-order valence-electron chi connectivity index (χ2n) is 7.42. The zero-order valence-corrected chi connectivity index (χ0v) is 17.1. The van der Waals surface area contributed by atoms with Crippen molar-refractivity contribution in [1.82, 2.24) is 9.55 Å². The average Bonchev–Trinajstić information content (AvgIpc) is 3.21. The standard InChI is InChI=1S/C23H21N3O2S/c1-14(2)11-26-12-19(15-6-4-3-5-7-15)18-10-16(8-9-17(18)23(26)28)22-25-20(13-29-22)21(24)27/h3-10,12-14H,11H2,1-2H3,(H2,24,27). The van der Waals surface area contributed by atoms with Crippen LogP contribution in [0.1, 0.15) is 24.3 Å². The van der Waals surface area contributed by atoms with Crippen LogP contribution in [0, 0.1) is 5.92 Å². The molecule has 6 heteroatoms. The molecule has 0 aliphatic carbocycles. The fraction of sp³-hybridized carbons (Fsp3) is 0.174. The molecule has 0 unspecified atom stereocenters. The minimum atomic E-state index is -0.546. The second-order valence-corrected chi connectivity index (χ2v) is 8.28. The third-order valence-electron chi connectivity index (χ3n) is 4.74. The van der Waals surface area contributed by atoms with E-state index in [1.165, 1.54) is 11.3 Å². The first-order valence-electron chi connectivity index (χ1n) is 9.42. The Kier molecular flexibility index (Phi) is 5.03. The van der Waals surface area contributed by atoms with Crippen molar-refractivity contribution < 1.29 is 4.79 Å². The first-order chi connectivity index (χ1) is 13.9. The van der Waals surface area contributed by atoms with Crippen molar-refractivity contribution in [3.05, 3.63) is 76.2 Å². The van der Waals surface area contributed by atoms with E-state index >= 15 is 0 Å². The van der Waals surface area contributed by atoms with E-state index in [4.69, 9.17) is 5.73 Å². The van der Waals surface area contributed by atoms with Crippen LogP contribution in [0.5, 0.6) is 0 Å². The molecule has 5 nitrogen and oxygen atoms in total. The van der Waals surface area contributed by atoms with Crippen LogP contribution < -0.4 is 11.3 Å². The lowest BCUT2D eigenvalue weighted by Gasteiger charge is -2.15. The SMILES string of the molecule is CC(C)Cn1cc(-c2ccccc2)c2cc(-c3nc(C(N)=O)cs3)ccc2c1=O. The van der Waals surface area contributed by atoms with Crippen LogP contribution >= 0.6 is 11.3 Å². The molecule has 1 amide bonds. The van der Waals surface area contributed by atoms with Gasteiger partial charge in [0.1, 0.15) is 10.7 Å². The third kappa shape index (κ3) is 3.71. The van der Waals surface area contributed by atoms with E-state index in [1.54, 1.807) is 9.95 Å². The largest absolute Gasteiger partial charge is 0.364 e. The van der Waals surface area contributed by atoms with E-state index in [2.05, 4.69) is 18.8 Å². The van der Waals surface area contributed by atoms with Crippen LogP contribution in [-0.2, 0) is 6.54 Å². The number of pyridine rings is 1. The lowest BCUT2D eigenvalue weighted by Crippen LogP contribution is -2.22. The van der Waals surface area contributed by atoms with Crippen LogP contribution in [0.15, 0.2) is 64.9 Å². The van der Waals surface area contributed by atoms with E-state index in [0.29, 0.717) is 22.9 Å². The maximum absolute atomic E-state index is 13.1. The maximum atomic E-state index is 13.1. The summed E-state index contributed by atoms with van der Waals surface area (Å²) in [4.78, 5) is 28.8. The third-order valence-corrected chi connectivity index (χ3v) is 5.63. The average molecular weight is 404 g/mol. The molecule has 4 rings (SSSR count). The zero-order chi connectivity index (χ0) is 20.5. The van der Waals surface area contributed by atoms with E-state index < -0.39 is 5.91 Å². The van der Waals surface area contributed by atoms with Crippen LogP contribution in [0.2, 0.25) is 0 Å². The Morgan fingerprint density at radius 1 is 1.10 bits per heavy atom. The number of rotatable bonds is 5. The van der Waals surface area contributed by atoms with Crippen LogP contribution in [-0.4, -0.2) is 15.5 Å². The number of carbonyl (C=O) groups excluding carboxylic acids is 1. The van der Waals surface area contributed by atoms with Crippen molar-refractivity contribution in [2.24, 2.45) is 11.7 Å². The number of aromatic nitrogens is 2. The lowest BCUT2D eigenvalue weighted by molar-refractivity contribution is 0.0996. The summed E-state index contributed by atoms with van der Waals surface area (Å²) in [6.45, 7) is 4.85. The fourth-order valence-corrected chi connectivity index (χ4v) is 4.23. The Hall–Kier alpha value is -3.25. The fourth-order valence-electron chi connectivity index (χ4n) is 3.42. The highest BCUT2D eigenvalue weighted by Gasteiger charge is 2.14. The maximum Gasteiger partial charge on any atom is 0.268 e. The van der Waals surface area contributed by atoms with Gasteiger partial charge in [0.25, 0.3) is 11.5 Å². The highest BCUT2D eigenvalue weighted by Crippen LogP contribution is 2.32. The summed E-state index contributed by atoms with van der Waals surface area (Å²) < 4.78 is 1.80. The van der Waals surface area contributed by atoms with Gasteiger partial charge in [-0.05, 0) is 29.0 Å². The van der Waals surface area contributed by atoms with Gasteiger partial charge in [-0.15, -0.1) is 11.3 Å². The van der Waals surface area contributed by atoms with Crippen molar-refractivity contribution in [3.63, 3.8) is 0 Å². The lowest BCUT2D eigenvalue weighted by atomic mass is 9.98. The summed E-state index contributed by atoms with van der Waals surface area (Å²) in [7, 11) is 0. The van der Waals surface area contributed by atoms with Crippen molar-refractivity contribution in [2.45, 2.75) is 20.4 Å². The predicted octanol–water partition coefficient (Wildman–Crippen LogP) is 4.55. The summed E-state index contributed by atoms with van der Waals surface area (Å²) in [5, 5.41) is 3.89. The number of nitrogens with zero attached hydrogens (tertiary/aromatic N) is 2. The van der Waals surface area contributed by atoms with E-state index in [9.17, 15) is 9.59 Å². The molecule has 0 saturated carbocycles. The zero-order valence-electron chi connectivity index (χ0n) is 16.3. The Morgan fingerprint density at radius 2 is 1.86 bits per heavy atom. The van der Waals surface area contributed by atoms with Gasteiger partial charge in [0.05, 0.1) is 0 Å². The van der Waals surface area contributed by atoms with E-state index in [1.807, 2.05) is 54.7 Å². The summed E-state index contributed by atoms with van der Waals surface area (Å²) >= 11 is 1.36. The number of primary amides is 1. The molecule has 0 atom stereocenters. The molecular formula is C23H21N3O2S. The number of hydrogen-bond acceptors (Lipinski definition) is 4. The van der Waals surface area contributed by atoms with Gasteiger partial charge in [-0.3, -0.25) is 9.59 Å². The molecule has 0 bridgehead atoms. The van der Waals surface area contributed by atoms with E-state index in [-0.39, 0.29) is 11.3 Å². The first kappa shape index (κ1) is 19.1. The summed E-state index contributed by atoms with van der Waals surface area (Å²) in [5.74, 6) is -0.189. The van der Waals surface area contributed by atoms with Gasteiger partial charge >= 0.3 is 0 Å². The molecule has 0 saturated heterocycles. The van der Waals surface area contributed by atoms with Crippen molar-refractivity contribution in [1.29, 1.82) is 0 Å². The molecule has 4 aromatic rings. The Morgan fingerprint density at radius 3 is 2.52 bits per heavy atom. The minimum absolute atomic E-state index is 0.00288. The molecule has 29 heavy (non-hydrogen) atoms. The Bertz CT molecular complexity index is 1260. The van der Waals surface area contributed by atoms with Gasteiger partial charge in [0.15, 0.2) is 0 Å². The molecule has 0 aliphatic heterocycles. The summed E-state index contributed by atoms with van der Waals surface area (Å²) in [6.07, 6.45) is 1.94. The van der Waals surface area contributed by atoms with Crippen molar-refractivity contribution in [2.75, 3.05) is 0 Å². The number of hydrogen-bond donors (Lipinski definition) is 1. The number of amides is 1. The van der Waals surface area contributed by atoms with Gasteiger partial charge in [-0.2, -0.15) is 0 Å². The predicted molar refractivity (Wildman–Crippen MR) is 118 cm³/mol. The van der Waals surface area contributed by atoms with Crippen LogP contribution in [0.25, 0.3) is 32.5 Å². The minimum Gasteiger partial charge on any atom is -0.364 e. The highest BCUT2D eigenvalue weighted by atomic mass is 32.1. The molecule has 0 aliphatic rings. The van der Waals surface area contributed by atoms with E-state index in [0.717, 1.165) is 22.1 Å². The molecule has 2 aromatic carbocycles. The Labute approximate surface area is 172 Å². The van der Waals surface area contributed by atoms with Crippen molar-refractivity contribution in [3.8, 4) is 21.7 Å². The number of benzene rings is 2. The molecule has 0 radical (unpaired) electrons.